The van der Waals surface area contributed by atoms with E-state index in [-0.39, 0.29) is 11.3 Å². The summed E-state index contributed by atoms with van der Waals surface area (Å²) >= 11 is 0. The van der Waals surface area contributed by atoms with Crippen molar-refractivity contribution in [3.05, 3.63) is 29.3 Å². The molecule has 4 nitrogen and oxygen atoms in total. The number of benzene rings is 1. The number of hydrogen-bond acceptors (Lipinski definition) is 3. The van der Waals surface area contributed by atoms with Gasteiger partial charge in [-0.2, -0.15) is 0 Å². The predicted molar refractivity (Wildman–Crippen MR) is 94.3 cm³/mol. The first-order valence-electron chi connectivity index (χ1n) is 8.51. The van der Waals surface area contributed by atoms with Gasteiger partial charge in [0, 0.05) is 29.6 Å². The fourth-order valence-corrected chi connectivity index (χ4v) is 3.53. The molecule has 0 aliphatic carbocycles. The number of ether oxygens (including phenoxy) is 1. The van der Waals surface area contributed by atoms with Gasteiger partial charge in [0.25, 0.3) is 5.91 Å². The summed E-state index contributed by atoms with van der Waals surface area (Å²) in [5.74, 6) is 0.832. The molecule has 1 unspecified atom stereocenters. The molecule has 1 aliphatic rings. The number of amides is 1. The van der Waals surface area contributed by atoms with Crippen LogP contribution < -0.4 is 10.1 Å². The van der Waals surface area contributed by atoms with E-state index in [0.717, 1.165) is 29.8 Å². The zero-order chi connectivity index (χ0) is 17.2. The van der Waals surface area contributed by atoms with E-state index >= 15 is 0 Å². The van der Waals surface area contributed by atoms with Gasteiger partial charge in [-0.25, -0.2) is 0 Å². The summed E-state index contributed by atoms with van der Waals surface area (Å²) in [5.41, 5.74) is 1.81. The quantitative estimate of drug-likeness (QED) is 0.876. The smallest absolute Gasteiger partial charge is 0.251 e. The topological polar surface area (TPSA) is 41.6 Å². The highest BCUT2D eigenvalue weighted by molar-refractivity contribution is 5.97. The number of carbonyl (C=O) groups is 1. The Morgan fingerprint density at radius 2 is 1.91 bits per heavy atom. The summed E-state index contributed by atoms with van der Waals surface area (Å²) in [7, 11) is 1.67. The van der Waals surface area contributed by atoms with Crippen molar-refractivity contribution in [2.24, 2.45) is 0 Å². The Morgan fingerprint density at radius 3 is 2.48 bits per heavy atom. The molecule has 0 radical (unpaired) electrons. The van der Waals surface area contributed by atoms with Gasteiger partial charge in [-0.3, -0.25) is 9.69 Å². The highest BCUT2D eigenvalue weighted by Gasteiger charge is 2.36. The molecule has 1 heterocycles. The molecule has 0 bridgehead atoms. The molecule has 0 aromatic heterocycles. The molecule has 2 rings (SSSR count). The van der Waals surface area contributed by atoms with Gasteiger partial charge in [0.05, 0.1) is 7.11 Å². The Hall–Kier alpha value is -1.55. The van der Waals surface area contributed by atoms with E-state index < -0.39 is 0 Å². The highest BCUT2D eigenvalue weighted by atomic mass is 16.5. The third-order valence-corrected chi connectivity index (χ3v) is 5.01. The van der Waals surface area contributed by atoms with E-state index in [1.807, 2.05) is 18.2 Å². The van der Waals surface area contributed by atoms with Crippen molar-refractivity contribution in [3.63, 3.8) is 0 Å². The molecule has 0 saturated carbocycles. The second kappa shape index (κ2) is 6.91. The minimum atomic E-state index is -0.0696. The zero-order valence-electron chi connectivity index (χ0n) is 15.3. The average Bonchev–Trinajstić information content (AvgIpc) is 2.50. The van der Waals surface area contributed by atoms with Crippen LogP contribution in [0.4, 0.5) is 0 Å². The predicted octanol–water partition coefficient (Wildman–Crippen LogP) is 3.21. The van der Waals surface area contributed by atoms with Crippen molar-refractivity contribution >= 4 is 5.91 Å². The maximum Gasteiger partial charge on any atom is 0.251 e. The van der Waals surface area contributed by atoms with Crippen molar-refractivity contribution < 1.29 is 9.53 Å². The molecule has 4 heteroatoms. The summed E-state index contributed by atoms with van der Waals surface area (Å²) in [5, 5.41) is 3.05. The van der Waals surface area contributed by atoms with Crippen LogP contribution in [0.1, 0.15) is 57.0 Å². The standard InChI is InChI=1S/C19H30N2O2/c1-13(2)21(14(3)4)10-9-19(5)12-20-18(22)16-8-7-15(23-6)11-17(16)19/h7-8,11,13-14H,9-10,12H2,1-6H3,(H,20,22). The molecule has 1 aliphatic heterocycles. The number of carbonyl (C=O) groups excluding carboxylic acids is 1. The van der Waals surface area contributed by atoms with Crippen LogP contribution in [0, 0.1) is 0 Å². The van der Waals surface area contributed by atoms with Gasteiger partial charge >= 0.3 is 0 Å². The molecule has 23 heavy (non-hydrogen) atoms. The van der Waals surface area contributed by atoms with Crippen molar-refractivity contribution in [2.45, 2.75) is 58.5 Å². The third kappa shape index (κ3) is 3.69. The van der Waals surface area contributed by atoms with E-state index in [1.54, 1.807) is 7.11 Å². The number of fused-ring (bicyclic) bond motifs is 1. The van der Waals surface area contributed by atoms with Crippen LogP contribution in [-0.4, -0.2) is 43.1 Å². The van der Waals surface area contributed by atoms with Crippen LogP contribution in [-0.2, 0) is 5.41 Å². The molecular weight excluding hydrogens is 288 g/mol. The lowest BCUT2D eigenvalue weighted by atomic mass is 9.74. The maximum absolute atomic E-state index is 12.2. The number of rotatable bonds is 6. The van der Waals surface area contributed by atoms with Crippen LogP contribution in [0.5, 0.6) is 5.75 Å². The molecule has 1 aromatic carbocycles. The second-order valence-electron chi connectivity index (χ2n) is 7.33. The number of nitrogens with zero attached hydrogens (tertiary/aromatic N) is 1. The van der Waals surface area contributed by atoms with Gasteiger partial charge in [-0.05, 0) is 64.4 Å². The molecule has 1 amide bonds. The van der Waals surface area contributed by atoms with Crippen molar-refractivity contribution in [1.82, 2.24) is 10.2 Å². The SMILES string of the molecule is COc1ccc2c(c1)C(C)(CCN(C(C)C)C(C)C)CNC2=O. The minimum absolute atomic E-state index is 0.0182. The van der Waals surface area contributed by atoms with Crippen LogP contribution >= 0.6 is 0 Å². The Kier molecular flexibility index (Phi) is 5.35. The summed E-state index contributed by atoms with van der Waals surface area (Å²) in [6.07, 6.45) is 1.00. The maximum atomic E-state index is 12.2. The summed E-state index contributed by atoms with van der Waals surface area (Å²) in [6, 6.07) is 6.80. The molecule has 0 saturated heterocycles. The monoisotopic (exact) mass is 318 g/mol. The molecule has 1 aromatic rings. The highest BCUT2D eigenvalue weighted by Crippen LogP contribution is 2.35. The first-order chi connectivity index (χ1) is 10.8. The lowest BCUT2D eigenvalue weighted by Crippen LogP contribution is -2.48. The zero-order valence-corrected chi connectivity index (χ0v) is 15.3. The van der Waals surface area contributed by atoms with Crippen LogP contribution in [0.2, 0.25) is 0 Å². The summed E-state index contributed by atoms with van der Waals surface area (Å²) in [4.78, 5) is 14.7. The minimum Gasteiger partial charge on any atom is -0.497 e. The van der Waals surface area contributed by atoms with E-state index in [9.17, 15) is 4.79 Å². The van der Waals surface area contributed by atoms with Crippen LogP contribution in [0.3, 0.4) is 0 Å². The first kappa shape index (κ1) is 17.8. The van der Waals surface area contributed by atoms with Gasteiger partial charge in [-0.1, -0.05) is 6.92 Å². The van der Waals surface area contributed by atoms with E-state index in [2.05, 4.69) is 44.8 Å². The number of hydrogen-bond donors (Lipinski definition) is 1. The number of methoxy groups -OCH3 is 1. The first-order valence-corrected chi connectivity index (χ1v) is 8.51. The Labute approximate surface area is 140 Å². The lowest BCUT2D eigenvalue weighted by molar-refractivity contribution is 0.0915. The molecule has 1 N–H and O–H groups in total. The Morgan fingerprint density at radius 1 is 1.26 bits per heavy atom. The Bertz CT molecular complexity index is 560. The van der Waals surface area contributed by atoms with Crippen molar-refractivity contribution in [1.29, 1.82) is 0 Å². The molecule has 1 atom stereocenters. The second-order valence-corrected chi connectivity index (χ2v) is 7.33. The van der Waals surface area contributed by atoms with Gasteiger partial charge < -0.3 is 10.1 Å². The fraction of sp³-hybridized carbons (Fsp3) is 0.632. The van der Waals surface area contributed by atoms with Crippen molar-refractivity contribution in [2.75, 3.05) is 20.2 Å². The van der Waals surface area contributed by atoms with Gasteiger partial charge in [0.2, 0.25) is 0 Å². The van der Waals surface area contributed by atoms with E-state index in [0.29, 0.717) is 18.6 Å². The normalized spacial score (nSPS) is 20.8. The van der Waals surface area contributed by atoms with Crippen LogP contribution in [0.25, 0.3) is 0 Å². The molecular formula is C19H30N2O2. The molecule has 128 valence electrons. The lowest BCUT2D eigenvalue weighted by Gasteiger charge is -2.39. The summed E-state index contributed by atoms with van der Waals surface area (Å²) in [6.45, 7) is 12.9. The third-order valence-electron chi connectivity index (χ3n) is 5.01. The van der Waals surface area contributed by atoms with E-state index in [4.69, 9.17) is 4.74 Å². The largest absolute Gasteiger partial charge is 0.497 e. The van der Waals surface area contributed by atoms with E-state index in [1.165, 1.54) is 0 Å². The number of nitrogens with one attached hydrogen (secondary N) is 1. The van der Waals surface area contributed by atoms with Crippen LogP contribution in [0.15, 0.2) is 18.2 Å². The summed E-state index contributed by atoms with van der Waals surface area (Å²) < 4.78 is 5.37. The fourth-order valence-electron chi connectivity index (χ4n) is 3.53. The molecule has 0 spiro atoms. The Balaban J connectivity index is 2.28. The van der Waals surface area contributed by atoms with Gasteiger partial charge in [0.1, 0.15) is 5.75 Å². The van der Waals surface area contributed by atoms with Crippen molar-refractivity contribution in [3.8, 4) is 5.75 Å². The molecule has 0 fully saturated rings. The van der Waals surface area contributed by atoms with Gasteiger partial charge in [-0.15, -0.1) is 0 Å². The average molecular weight is 318 g/mol. The van der Waals surface area contributed by atoms with Gasteiger partial charge in [0.15, 0.2) is 0 Å².